The summed E-state index contributed by atoms with van der Waals surface area (Å²) in [6.07, 6.45) is 5.49. The van der Waals surface area contributed by atoms with Gasteiger partial charge in [0, 0.05) is 30.4 Å². The van der Waals surface area contributed by atoms with Gasteiger partial charge in [-0.05, 0) is 6.07 Å². The number of fused-ring (bicyclic) bond motifs is 1. The lowest BCUT2D eigenvalue weighted by atomic mass is 10.3. The van der Waals surface area contributed by atoms with Crippen molar-refractivity contribution in [1.29, 1.82) is 0 Å². The predicted molar refractivity (Wildman–Crippen MR) is 59.8 cm³/mol. The summed E-state index contributed by atoms with van der Waals surface area (Å²) in [7, 11) is 0. The van der Waals surface area contributed by atoms with Crippen LogP contribution in [-0.4, -0.2) is 22.5 Å². The van der Waals surface area contributed by atoms with E-state index in [1.807, 2.05) is 35.4 Å². The van der Waals surface area contributed by atoms with E-state index in [0.29, 0.717) is 6.54 Å². The van der Waals surface area contributed by atoms with E-state index < -0.39 is 5.97 Å². The average Bonchev–Trinajstić information content (AvgIpc) is 2.47. The summed E-state index contributed by atoms with van der Waals surface area (Å²) < 4.78 is 0. The molecule has 4 nitrogen and oxygen atoms in total. The highest BCUT2D eigenvalue weighted by Gasteiger charge is 2.01. The lowest BCUT2D eigenvalue weighted by Crippen LogP contribution is -2.26. The van der Waals surface area contributed by atoms with E-state index >= 15 is 0 Å². The maximum atomic E-state index is 10.5. The third kappa shape index (κ3) is 2.48. The lowest BCUT2D eigenvalue weighted by Gasteiger charge is -2.12. The number of nitrogens with zero attached hydrogens (tertiary/aromatic N) is 2. The molecule has 4 heteroatoms. The van der Waals surface area contributed by atoms with Crippen LogP contribution >= 0.6 is 0 Å². The maximum absolute atomic E-state index is 10.5. The Morgan fingerprint density at radius 2 is 2.19 bits per heavy atom. The molecule has 0 unspecified atom stereocenters. The van der Waals surface area contributed by atoms with Crippen molar-refractivity contribution in [3.63, 3.8) is 0 Å². The van der Waals surface area contributed by atoms with Gasteiger partial charge in [0.15, 0.2) is 0 Å². The topological polar surface area (TPSA) is 52.9 Å². The maximum Gasteiger partial charge on any atom is 0.305 e. The third-order valence-electron chi connectivity index (χ3n) is 2.30. The van der Waals surface area contributed by atoms with Crippen LogP contribution in [-0.2, 0) is 4.79 Å². The van der Waals surface area contributed by atoms with Crippen molar-refractivity contribution in [2.75, 3.05) is 6.54 Å². The number of para-hydroxylation sites is 1. The number of rotatable bonds is 3. The summed E-state index contributed by atoms with van der Waals surface area (Å²) in [5.41, 5.74) is 0. The summed E-state index contributed by atoms with van der Waals surface area (Å²) in [6.45, 7) is 0.454. The highest BCUT2D eigenvalue weighted by atomic mass is 16.4. The van der Waals surface area contributed by atoms with Crippen molar-refractivity contribution in [2.45, 2.75) is 6.42 Å². The first kappa shape index (κ1) is 10.4. The van der Waals surface area contributed by atoms with Crippen LogP contribution in [0.1, 0.15) is 6.42 Å². The Hall–Kier alpha value is -2.10. The van der Waals surface area contributed by atoms with Gasteiger partial charge >= 0.3 is 5.97 Å². The molecule has 0 saturated carbocycles. The number of carboxylic acids is 1. The number of hydrogen-bond acceptors (Lipinski definition) is 3. The van der Waals surface area contributed by atoms with Crippen LogP contribution in [0.5, 0.6) is 0 Å². The summed E-state index contributed by atoms with van der Waals surface area (Å²) in [5, 5.41) is 10.5. The molecule has 1 N–H and O–H groups in total. The van der Waals surface area contributed by atoms with Gasteiger partial charge in [0.2, 0.25) is 0 Å². The Morgan fingerprint density at radius 1 is 1.38 bits per heavy atom. The molecule has 0 bridgehead atoms. The quantitative estimate of drug-likeness (QED) is 0.791. The van der Waals surface area contributed by atoms with E-state index in [0.717, 1.165) is 10.6 Å². The van der Waals surface area contributed by atoms with E-state index in [1.54, 1.807) is 12.4 Å². The second-order valence-electron chi connectivity index (χ2n) is 3.50. The summed E-state index contributed by atoms with van der Waals surface area (Å²) in [5.74, 6) is -0.795. The molecule has 1 heterocycles. The van der Waals surface area contributed by atoms with E-state index in [2.05, 4.69) is 4.99 Å². The van der Waals surface area contributed by atoms with Crippen LogP contribution in [0.25, 0.3) is 6.20 Å². The number of benzene rings is 1. The van der Waals surface area contributed by atoms with E-state index in [-0.39, 0.29) is 6.42 Å². The highest BCUT2D eigenvalue weighted by molar-refractivity contribution is 5.67. The first-order chi connectivity index (χ1) is 7.75. The van der Waals surface area contributed by atoms with E-state index in [9.17, 15) is 4.79 Å². The fourth-order valence-corrected chi connectivity index (χ4v) is 1.50. The molecule has 16 heavy (non-hydrogen) atoms. The molecule has 0 amide bonds. The van der Waals surface area contributed by atoms with Gasteiger partial charge in [-0.1, -0.05) is 18.2 Å². The number of carboxylic acid groups (broad SMARTS) is 1. The minimum absolute atomic E-state index is 0.114. The van der Waals surface area contributed by atoms with Crippen LogP contribution in [0.3, 0.4) is 0 Å². The van der Waals surface area contributed by atoms with Crippen molar-refractivity contribution in [3.8, 4) is 0 Å². The van der Waals surface area contributed by atoms with Gasteiger partial charge in [-0.25, -0.2) is 0 Å². The smallest absolute Gasteiger partial charge is 0.305 e. The Morgan fingerprint density at radius 3 is 3.00 bits per heavy atom. The van der Waals surface area contributed by atoms with Crippen LogP contribution in [0.15, 0.2) is 41.7 Å². The molecule has 0 saturated heterocycles. The zero-order valence-electron chi connectivity index (χ0n) is 8.71. The fourth-order valence-electron chi connectivity index (χ4n) is 1.50. The zero-order chi connectivity index (χ0) is 11.4. The molecular weight excluding hydrogens is 204 g/mol. The van der Waals surface area contributed by atoms with Gasteiger partial charge in [0.05, 0.1) is 11.8 Å². The predicted octanol–water partition coefficient (Wildman–Crippen LogP) is 0.306. The van der Waals surface area contributed by atoms with Crippen LogP contribution in [0.4, 0.5) is 0 Å². The third-order valence-corrected chi connectivity index (χ3v) is 2.30. The number of carbonyl (C=O) groups is 1. The zero-order valence-corrected chi connectivity index (χ0v) is 8.71. The second-order valence-corrected chi connectivity index (χ2v) is 3.50. The van der Waals surface area contributed by atoms with Crippen molar-refractivity contribution >= 4 is 12.2 Å². The fraction of sp³-hybridized carbons (Fsp3) is 0.167. The van der Waals surface area contributed by atoms with E-state index in [4.69, 9.17) is 5.11 Å². The molecule has 0 fully saturated rings. The minimum atomic E-state index is -0.795. The molecule has 0 atom stereocenters. The van der Waals surface area contributed by atoms with Gasteiger partial charge in [0.1, 0.15) is 0 Å². The summed E-state index contributed by atoms with van der Waals surface area (Å²) >= 11 is 0. The number of hydrogen-bond donors (Lipinski definition) is 1. The molecule has 1 aromatic carbocycles. The summed E-state index contributed by atoms with van der Waals surface area (Å²) in [4.78, 5) is 16.6. The molecule has 0 aliphatic carbocycles. The molecule has 0 radical (unpaired) electrons. The average molecular weight is 216 g/mol. The molecule has 2 rings (SSSR count). The summed E-state index contributed by atoms with van der Waals surface area (Å²) in [6, 6.07) is 7.75. The largest absolute Gasteiger partial charge is 0.481 e. The Labute approximate surface area is 92.8 Å². The highest BCUT2D eigenvalue weighted by Crippen LogP contribution is 1.96. The van der Waals surface area contributed by atoms with Gasteiger partial charge in [-0.2, -0.15) is 0 Å². The second kappa shape index (κ2) is 4.61. The van der Waals surface area contributed by atoms with E-state index in [1.165, 1.54) is 0 Å². The van der Waals surface area contributed by atoms with Crippen LogP contribution in [0, 0.1) is 0 Å². The minimum Gasteiger partial charge on any atom is -0.481 e. The molecule has 0 spiro atoms. The number of aliphatic carboxylic acids is 1. The molecular formula is C12H12N2O2. The van der Waals surface area contributed by atoms with Crippen molar-refractivity contribution in [2.24, 2.45) is 4.99 Å². The molecule has 1 aliphatic heterocycles. The molecule has 1 aromatic rings. The Balaban J connectivity index is 2.26. The van der Waals surface area contributed by atoms with Crippen molar-refractivity contribution < 1.29 is 9.90 Å². The normalized spacial score (nSPS) is 13.4. The van der Waals surface area contributed by atoms with Gasteiger partial charge in [-0.15, -0.1) is 0 Å². The Bertz CT molecular complexity index is 534. The first-order valence-corrected chi connectivity index (χ1v) is 5.05. The lowest BCUT2D eigenvalue weighted by molar-refractivity contribution is -0.137. The van der Waals surface area contributed by atoms with Crippen LogP contribution < -0.4 is 10.6 Å². The van der Waals surface area contributed by atoms with Crippen molar-refractivity contribution in [3.05, 3.63) is 47.2 Å². The monoisotopic (exact) mass is 216 g/mol. The molecule has 82 valence electrons. The molecule has 1 aliphatic rings. The van der Waals surface area contributed by atoms with Crippen LogP contribution in [0.2, 0.25) is 0 Å². The SMILES string of the molecule is O=C(O)CCN1C=CN=c2ccccc2=C1. The standard InChI is InChI=1S/C12H12N2O2/c15-12(16)5-7-14-8-6-13-11-4-2-1-3-10(11)9-14/h1-4,6,8-9H,5,7H2,(H,15,16). The first-order valence-electron chi connectivity index (χ1n) is 5.05. The Kier molecular flexibility index (Phi) is 3.00. The van der Waals surface area contributed by atoms with Gasteiger partial charge in [0.25, 0.3) is 0 Å². The van der Waals surface area contributed by atoms with Gasteiger partial charge < -0.3 is 10.0 Å². The van der Waals surface area contributed by atoms with Crippen molar-refractivity contribution in [1.82, 2.24) is 4.90 Å². The molecule has 0 aromatic heterocycles. The van der Waals surface area contributed by atoms with Gasteiger partial charge in [-0.3, -0.25) is 9.79 Å².